The van der Waals surface area contributed by atoms with Gasteiger partial charge in [-0.05, 0) is 18.9 Å². The van der Waals surface area contributed by atoms with Gasteiger partial charge in [0.2, 0.25) is 5.91 Å². The number of nitrogens with one attached hydrogen (secondary N) is 1. The number of amides is 2. The maximum atomic E-state index is 12.4. The SMILES string of the molecule is CN(C)C(=O)C1(CNC(=O)c2coc(CN)c2)CCCC1.Cl. The molecule has 1 aliphatic carbocycles. The number of nitrogens with zero attached hydrogens (tertiary/aromatic N) is 1. The number of carbonyl (C=O) groups is 2. The highest BCUT2D eigenvalue weighted by molar-refractivity contribution is 5.94. The average Bonchev–Trinajstić information content (AvgIpc) is 3.13. The lowest BCUT2D eigenvalue weighted by Gasteiger charge is -2.30. The van der Waals surface area contributed by atoms with E-state index in [-0.39, 0.29) is 30.8 Å². The molecule has 1 aliphatic rings. The van der Waals surface area contributed by atoms with Crippen molar-refractivity contribution in [3.8, 4) is 0 Å². The first kappa shape index (κ1) is 18.5. The number of nitrogens with two attached hydrogens (primary N) is 1. The highest BCUT2D eigenvalue weighted by Gasteiger charge is 2.42. The first-order valence-corrected chi connectivity index (χ1v) is 7.26. The summed E-state index contributed by atoms with van der Waals surface area (Å²) in [5, 5.41) is 2.87. The number of hydrogen-bond donors (Lipinski definition) is 2. The highest BCUT2D eigenvalue weighted by atomic mass is 35.5. The third-order valence-electron chi connectivity index (χ3n) is 4.12. The van der Waals surface area contributed by atoms with Crippen LogP contribution in [0.25, 0.3) is 0 Å². The van der Waals surface area contributed by atoms with Gasteiger partial charge in [0, 0.05) is 20.6 Å². The monoisotopic (exact) mass is 329 g/mol. The average molecular weight is 330 g/mol. The minimum atomic E-state index is -0.459. The summed E-state index contributed by atoms with van der Waals surface area (Å²) in [6.07, 6.45) is 5.09. The van der Waals surface area contributed by atoms with Crippen LogP contribution in [0.2, 0.25) is 0 Å². The van der Waals surface area contributed by atoms with E-state index in [0.717, 1.165) is 25.7 Å². The van der Waals surface area contributed by atoms with E-state index in [1.807, 2.05) is 0 Å². The van der Waals surface area contributed by atoms with Crippen molar-refractivity contribution in [1.82, 2.24) is 10.2 Å². The number of rotatable bonds is 5. The Morgan fingerprint density at radius 3 is 2.50 bits per heavy atom. The van der Waals surface area contributed by atoms with Crippen molar-refractivity contribution in [2.45, 2.75) is 32.2 Å². The summed E-state index contributed by atoms with van der Waals surface area (Å²) in [7, 11) is 3.52. The number of furan rings is 1. The predicted molar refractivity (Wildman–Crippen MR) is 85.8 cm³/mol. The van der Waals surface area contributed by atoms with Crippen LogP contribution in [0.4, 0.5) is 0 Å². The molecule has 0 unspecified atom stereocenters. The molecule has 0 atom stereocenters. The van der Waals surface area contributed by atoms with Crippen molar-refractivity contribution in [2.75, 3.05) is 20.6 Å². The van der Waals surface area contributed by atoms with Crippen LogP contribution in [0.5, 0.6) is 0 Å². The maximum absolute atomic E-state index is 12.4. The Bertz CT molecular complexity index is 522. The third-order valence-corrected chi connectivity index (χ3v) is 4.12. The van der Waals surface area contributed by atoms with Gasteiger partial charge in [-0.15, -0.1) is 12.4 Å². The number of halogens is 1. The molecular formula is C15H24ClN3O3. The van der Waals surface area contributed by atoms with Gasteiger partial charge in [0.25, 0.3) is 5.91 Å². The zero-order chi connectivity index (χ0) is 15.5. The van der Waals surface area contributed by atoms with Gasteiger partial charge in [-0.25, -0.2) is 0 Å². The zero-order valence-electron chi connectivity index (χ0n) is 13.1. The van der Waals surface area contributed by atoms with Gasteiger partial charge in [0.1, 0.15) is 12.0 Å². The fraction of sp³-hybridized carbons (Fsp3) is 0.600. The van der Waals surface area contributed by atoms with Crippen molar-refractivity contribution in [1.29, 1.82) is 0 Å². The molecule has 2 rings (SSSR count). The van der Waals surface area contributed by atoms with E-state index in [1.54, 1.807) is 25.1 Å². The lowest BCUT2D eigenvalue weighted by Crippen LogP contribution is -2.46. The second kappa shape index (κ2) is 7.65. The predicted octanol–water partition coefficient (Wildman–Crippen LogP) is 1.54. The Morgan fingerprint density at radius 2 is 2.00 bits per heavy atom. The Morgan fingerprint density at radius 1 is 1.36 bits per heavy atom. The molecule has 0 aliphatic heterocycles. The molecule has 124 valence electrons. The van der Waals surface area contributed by atoms with Gasteiger partial charge in [-0.3, -0.25) is 9.59 Å². The van der Waals surface area contributed by atoms with E-state index >= 15 is 0 Å². The summed E-state index contributed by atoms with van der Waals surface area (Å²) >= 11 is 0. The topological polar surface area (TPSA) is 88.6 Å². The van der Waals surface area contributed by atoms with Gasteiger partial charge in [-0.2, -0.15) is 0 Å². The zero-order valence-corrected chi connectivity index (χ0v) is 13.9. The molecule has 22 heavy (non-hydrogen) atoms. The van der Waals surface area contributed by atoms with Gasteiger partial charge < -0.3 is 20.4 Å². The summed E-state index contributed by atoms with van der Waals surface area (Å²) < 4.78 is 5.16. The van der Waals surface area contributed by atoms with Crippen molar-refractivity contribution in [2.24, 2.45) is 11.1 Å². The summed E-state index contributed by atoms with van der Waals surface area (Å²) in [6, 6.07) is 1.63. The van der Waals surface area contributed by atoms with E-state index in [9.17, 15) is 9.59 Å². The highest BCUT2D eigenvalue weighted by Crippen LogP contribution is 2.38. The Balaban J connectivity index is 0.00000242. The molecular weight excluding hydrogens is 306 g/mol. The van der Waals surface area contributed by atoms with Crippen LogP contribution in [-0.4, -0.2) is 37.4 Å². The lowest BCUT2D eigenvalue weighted by atomic mass is 9.84. The lowest BCUT2D eigenvalue weighted by molar-refractivity contribution is -0.138. The molecule has 7 heteroatoms. The van der Waals surface area contributed by atoms with Crippen LogP contribution in [0.3, 0.4) is 0 Å². The number of carbonyl (C=O) groups excluding carboxylic acids is 2. The van der Waals surface area contributed by atoms with Crippen LogP contribution < -0.4 is 11.1 Å². The van der Waals surface area contributed by atoms with Crippen molar-refractivity contribution in [3.63, 3.8) is 0 Å². The molecule has 0 saturated heterocycles. The second-order valence-electron chi connectivity index (χ2n) is 5.88. The van der Waals surface area contributed by atoms with E-state index in [1.165, 1.54) is 6.26 Å². The smallest absolute Gasteiger partial charge is 0.254 e. The molecule has 1 saturated carbocycles. The molecule has 0 aromatic carbocycles. The molecule has 0 radical (unpaired) electrons. The van der Waals surface area contributed by atoms with Gasteiger partial charge in [0.05, 0.1) is 17.5 Å². The molecule has 3 N–H and O–H groups in total. The Labute approximate surface area is 136 Å². The van der Waals surface area contributed by atoms with Crippen molar-refractivity contribution < 1.29 is 14.0 Å². The van der Waals surface area contributed by atoms with Gasteiger partial charge in [0.15, 0.2) is 0 Å². The number of hydrogen-bond acceptors (Lipinski definition) is 4. The molecule has 2 amide bonds. The van der Waals surface area contributed by atoms with E-state index in [4.69, 9.17) is 10.2 Å². The minimum absolute atomic E-state index is 0. The molecule has 1 fully saturated rings. The van der Waals surface area contributed by atoms with E-state index in [0.29, 0.717) is 17.9 Å². The van der Waals surface area contributed by atoms with Crippen LogP contribution >= 0.6 is 12.4 Å². The third kappa shape index (κ3) is 3.81. The largest absolute Gasteiger partial charge is 0.467 e. The van der Waals surface area contributed by atoms with Crippen molar-refractivity contribution >= 4 is 24.2 Å². The first-order valence-electron chi connectivity index (χ1n) is 7.26. The summed E-state index contributed by atoms with van der Waals surface area (Å²) in [6.45, 7) is 0.627. The minimum Gasteiger partial charge on any atom is -0.467 e. The van der Waals surface area contributed by atoms with Crippen molar-refractivity contribution in [3.05, 3.63) is 23.7 Å². The normalized spacial score (nSPS) is 16.0. The van der Waals surface area contributed by atoms with Crippen LogP contribution in [0, 0.1) is 5.41 Å². The van der Waals surface area contributed by atoms with E-state index < -0.39 is 5.41 Å². The molecule has 1 aromatic heterocycles. The standard InChI is InChI=1S/C15H23N3O3.ClH/c1-18(2)14(20)15(5-3-4-6-15)10-17-13(19)11-7-12(8-16)21-9-11;/h7,9H,3-6,8,10,16H2,1-2H3,(H,17,19);1H. The maximum Gasteiger partial charge on any atom is 0.254 e. The molecule has 0 spiro atoms. The second-order valence-corrected chi connectivity index (χ2v) is 5.88. The Kier molecular flexibility index (Phi) is 6.44. The first-order chi connectivity index (χ1) is 9.98. The quantitative estimate of drug-likeness (QED) is 0.857. The van der Waals surface area contributed by atoms with E-state index in [2.05, 4.69) is 5.32 Å². The van der Waals surface area contributed by atoms with Gasteiger partial charge >= 0.3 is 0 Å². The molecule has 0 bridgehead atoms. The fourth-order valence-electron chi connectivity index (χ4n) is 2.95. The molecule has 6 nitrogen and oxygen atoms in total. The summed E-state index contributed by atoms with van der Waals surface area (Å²) in [5.41, 5.74) is 5.44. The molecule has 1 aromatic rings. The fourth-order valence-corrected chi connectivity index (χ4v) is 2.95. The van der Waals surface area contributed by atoms with Crippen LogP contribution in [0.1, 0.15) is 41.8 Å². The summed E-state index contributed by atoms with van der Waals surface area (Å²) in [4.78, 5) is 26.1. The molecule has 1 heterocycles. The summed E-state index contributed by atoms with van der Waals surface area (Å²) in [5.74, 6) is 0.437. The van der Waals surface area contributed by atoms with Crippen LogP contribution in [-0.2, 0) is 11.3 Å². The Hall–Kier alpha value is -1.53. The van der Waals surface area contributed by atoms with Crippen LogP contribution in [0.15, 0.2) is 16.7 Å². The van der Waals surface area contributed by atoms with Gasteiger partial charge in [-0.1, -0.05) is 12.8 Å².